The summed E-state index contributed by atoms with van der Waals surface area (Å²) in [5, 5.41) is 3.35. The summed E-state index contributed by atoms with van der Waals surface area (Å²) < 4.78 is 11.1. The molecular formula is C17H17N3O4S. The fourth-order valence-electron chi connectivity index (χ4n) is 2.95. The Morgan fingerprint density at radius 3 is 2.88 bits per heavy atom. The van der Waals surface area contributed by atoms with Gasteiger partial charge in [0.25, 0.3) is 0 Å². The van der Waals surface area contributed by atoms with Gasteiger partial charge in [-0.3, -0.25) is 9.59 Å². The molecule has 1 saturated heterocycles. The van der Waals surface area contributed by atoms with E-state index in [0.29, 0.717) is 36.4 Å². The Morgan fingerprint density at radius 2 is 2.12 bits per heavy atom. The molecule has 3 heterocycles. The molecule has 2 aromatic rings. The summed E-state index contributed by atoms with van der Waals surface area (Å²) in [5.41, 5.74) is 0.717. The van der Waals surface area contributed by atoms with Crippen LogP contribution < -0.4 is 19.7 Å². The lowest BCUT2D eigenvalue weighted by Gasteiger charge is -2.22. The maximum Gasteiger partial charge on any atom is 0.231 e. The van der Waals surface area contributed by atoms with Gasteiger partial charge in [-0.05, 0) is 19.1 Å². The van der Waals surface area contributed by atoms with Crippen molar-refractivity contribution in [2.24, 2.45) is 5.92 Å². The number of hydrogen-bond acceptors (Lipinski definition) is 6. The number of anilines is 2. The van der Waals surface area contributed by atoms with Crippen LogP contribution in [0.5, 0.6) is 11.5 Å². The highest BCUT2D eigenvalue weighted by Crippen LogP contribution is 2.36. The van der Waals surface area contributed by atoms with Crippen LogP contribution in [-0.2, 0) is 9.59 Å². The molecular weight excluding hydrogens is 342 g/mol. The van der Waals surface area contributed by atoms with E-state index in [0.717, 1.165) is 10.6 Å². The van der Waals surface area contributed by atoms with Gasteiger partial charge >= 0.3 is 0 Å². The van der Waals surface area contributed by atoms with Crippen molar-refractivity contribution in [2.75, 3.05) is 30.0 Å². The zero-order valence-electron chi connectivity index (χ0n) is 13.7. The first-order chi connectivity index (χ1) is 12.1. The van der Waals surface area contributed by atoms with Gasteiger partial charge in [-0.1, -0.05) is 0 Å². The predicted molar refractivity (Wildman–Crippen MR) is 93.4 cm³/mol. The number of hydrogen-bond donors (Lipinski definition) is 1. The summed E-state index contributed by atoms with van der Waals surface area (Å²) in [4.78, 5) is 31.6. The Balaban J connectivity index is 1.47. The molecule has 1 fully saturated rings. The molecule has 4 rings (SSSR count). The lowest BCUT2D eigenvalue weighted by atomic mass is 10.1. The van der Waals surface area contributed by atoms with Crippen LogP contribution in [0.2, 0.25) is 0 Å². The molecule has 7 nitrogen and oxygen atoms in total. The van der Waals surface area contributed by atoms with Crippen LogP contribution in [0.1, 0.15) is 11.3 Å². The third-order valence-electron chi connectivity index (χ3n) is 4.18. The minimum Gasteiger partial charge on any atom is -0.486 e. The Bertz CT molecular complexity index is 835. The van der Waals surface area contributed by atoms with Gasteiger partial charge in [0.1, 0.15) is 13.2 Å². The third-order valence-corrected chi connectivity index (χ3v) is 5.01. The lowest BCUT2D eigenvalue weighted by molar-refractivity contribution is -0.122. The first-order valence-electron chi connectivity index (χ1n) is 8.03. The highest BCUT2D eigenvalue weighted by Gasteiger charge is 2.35. The fourth-order valence-corrected chi connectivity index (χ4v) is 3.62. The van der Waals surface area contributed by atoms with Crippen LogP contribution in [0, 0.1) is 12.8 Å². The van der Waals surface area contributed by atoms with Gasteiger partial charge in [0.15, 0.2) is 16.6 Å². The Morgan fingerprint density at radius 1 is 1.32 bits per heavy atom. The molecule has 25 heavy (non-hydrogen) atoms. The molecule has 2 aliphatic heterocycles. The van der Waals surface area contributed by atoms with E-state index in [1.165, 1.54) is 11.3 Å². The van der Waals surface area contributed by atoms with Crippen molar-refractivity contribution in [3.63, 3.8) is 0 Å². The average Bonchev–Trinajstić information content (AvgIpc) is 3.20. The minimum atomic E-state index is -0.398. The van der Waals surface area contributed by atoms with Crippen LogP contribution in [0.3, 0.4) is 0 Å². The van der Waals surface area contributed by atoms with Crippen molar-refractivity contribution in [3.8, 4) is 11.5 Å². The van der Waals surface area contributed by atoms with E-state index in [1.807, 2.05) is 13.0 Å². The van der Waals surface area contributed by atoms with Crippen molar-refractivity contribution in [3.05, 3.63) is 29.3 Å². The minimum absolute atomic E-state index is 0.0767. The number of rotatable bonds is 3. The van der Waals surface area contributed by atoms with Gasteiger partial charge < -0.3 is 19.7 Å². The Hall–Kier alpha value is -2.61. The molecule has 8 heteroatoms. The first-order valence-corrected chi connectivity index (χ1v) is 8.85. The number of thiazole rings is 1. The molecule has 2 aliphatic rings. The summed E-state index contributed by atoms with van der Waals surface area (Å²) in [5.74, 6) is 0.651. The number of carbonyl (C=O) groups excluding carboxylic acids is 2. The van der Waals surface area contributed by atoms with Gasteiger partial charge in [0.2, 0.25) is 11.8 Å². The van der Waals surface area contributed by atoms with Gasteiger partial charge in [0, 0.05) is 35.8 Å². The van der Waals surface area contributed by atoms with Crippen molar-refractivity contribution in [1.29, 1.82) is 0 Å². The second-order valence-electron chi connectivity index (χ2n) is 6.00. The SMILES string of the molecule is Cc1cnc(NC(=O)C2CC(=O)N(c3ccc4c(c3)OCCO4)C2)s1. The third kappa shape index (κ3) is 3.17. The molecule has 1 N–H and O–H groups in total. The lowest BCUT2D eigenvalue weighted by Crippen LogP contribution is -2.28. The van der Waals surface area contributed by atoms with Crippen LogP contribution in [0.15, 0.2) is 24.4 Å². The number of benzene rings is 1. The molecule has 0 bridgehead atoms. The summed E-state index contributed by atoms with van der Waals surface area (Å²) in [6, 6.07) is 5.40. The van der Waals surface area contributed by atoms with Crippen molar-refractivity contribution in [2.45, 2.75) is 13.3 Å². The molecule has 0 aliphatic carbocycles. The molecule has 0 saturated carbocycles. The number of carbonyl (C=O) groups is 2. The van der Waals surface area contributed by atoms with Crippen molar-refractivity contribution >= 4 is 34.0 Å². The van der Waals surface area contributed by atoms with Crippen LogP contribution >= 0.6 is 11.3 Å². The van der Waals surface area contributed by atoms with Gasteiger partial charge in [-0.25, -0.2) is 4.98 Å². The smallest absolute Gasteiger partial charge is 0.231 e. The maximum absolute atomic E-state index is 12.4. The zero-order valence-corrected chi connectivity index (χ0v) is 14.5. The molecule has 0 spiro atoms. The monoisotopic (exact) mass is 359 g/mol. The van der Waals surface area contributed by atoms with Crippen molar-refractivity contribution < 1.29 is 19.1 Å². The van der Waals surface area contributed by atoms with Crippen LogP contribution in [-0.4, -0.2) is 36.6 Å². The van der Waals surface area contributed by atoms with Crippen LogP contribution in [0.4, 0.5) is 10.8 Å². The van der Waals surface area contributed by atoms with Gasteiger partial charge in [0.05, 0.1) is 5.92 Å². The summed E-state index contributed by atoms with van der Waals surface area (Å²) >= 11 is 1.42. The maximum atomic E-state index is 12.4. The summed E-state index contributed by atoms with van der Waals surface area (Å²) in [6.45, 7) is 3.28. The van der Waals surface area contributed by atoms with Gasteiger partial charge in [-0.15, -0.1) is 11.3 Å². The second kappa shape index (κ2) is 6.36. The highest BCUT2D eigenvalue weighted by atomic mass is 32.1. The molecule has 2 amide bonds. The highest BCUT2D eigenvalue weighted by molar-refractivity contribution is 7.15. The number of nitrogens with zero attached hydrogens (tertiary/aromatic N) is 2. The molecule has 1 aromatic heterocycles. The molecule has 0 radical (unpaired) electrons. The standard InChI is InChI=1S/C17H17N3O4S/c1-10-8-18-17(25-10)19-16(22)11-6-15(21)20(9-11)12-2-3-13-14(7-12)24-5-4-23-13/h2-3,7-8,11H,4-6,9H2,1H3,(H,18,19,22). The first kappa shape index (κ1) is 15.9. The zero-order chi connectivity index (χ0) is 17.4. The van der Waals surface area contributed by atoms with Gasteiger partial charge in [-0.2, -0.15) is 0 Å². The quantitative estimate of drug-likeness (QED) is 0.909. The second-order valence-corrected chi connectivity index (χ2v) is 7.23. The molecule has 130 valence electrons. The Kier molecular flexibility index (Phi) is 4.04. The van der Waals surface area contributed by atoms with E-state index >= 15 is 0 Å². The van der Waals surface area contributed by atoms with E-state index in [-0.39, 0.29) is 18.2 Å². The van der Waals surface area contributed by atoms with E-state index < -0.39 is 5.92 Å². The topological polar surface area (TPSA) is 80.8 Å². The normalized spacial score (nSPS) is 19.2. The number of ether oxygens (including phenoxy) is 2. The Labute approximate surface area is 148 Å². The number of fused-ring (bicyclic) bond motifs is 1. The summed E-state index contributed by atoms with van der Waals surface area (Å²) in [7, 11) is 0. The number of nitrogens with one attached hydrogen (secondary N) is 1. The molecule has 1 unspecified atom stereocenters. The molecule has 1 atom stereocenters. The molecule has 1 aromatic carbocycles. The summed E-state index contributed by atoms with van der Waals surface area (Å²) in [6.07, 6.45) is 1.90. The van der Waals surface area contributed by atoms with Crippen LogP contribution in [0.25, 0.3) is 0 Å². The van der Waals surface area contributed by atoms with E-state index in [4.69, 9.17) is 9.47 Å². The predicted octanol–water partition coefficient (Wildman–Crippen LogP) is 2.21. The van der Waals surface area contributed by atoms with E-state index in [1.54, 1.807) is 23.2 Å². The number of aryl methyl sites for hydroxylation is 1. The average molecular weight is 359 g/mol. The largest absolute Gasteiger partial charge is 0.486 e. The number of amides is 2. The van der Waals surface area contributed by atoms with E-state index in [9.17, 15) is 9.59 Å². The van der Waals surface area contributed by atoms with Crippen molar-refractivity contribution in [1.82, 2.24) is 4.98 Å². The number of aromatic nitrogens is 1. The van der Waals surface area contributed by atoms with E-state index in [2.05, 4.69) is 10.3 Å². The fraction of sp³-hybridized carbons (Fsp3) is 0.353.